The quantitative estimate of drug-likeness (QED) is 0.0470. The molecule has 1 rings (SSSR count). The number of thiol groups is 1. The number of H-pyrrole nitrogens is 1. The van der Waals surface area contributed by atoms with Crippen molar-refractivity contribution in [2.75, 3.05) is 12.3 Å². The summed E-state index contributed by atoms with van der Waals surface area (Å²) in [5.74, 6) is -3.84. The number of carboxylic acids is 1. The van der Waals surface area contributed by atoms with Crippen LogP contribution in [0.2, 0.25) is 0 Å². The van der Waals surface area contributed by atoms with Gasteiger partial charge in [-0.05, 0) is 19.8 Å². The maximum absolute atomic E-state index is 12.9. The van der Waals surface area contributed by atoms with Gasteiger partial charge in [-0.2, -0.15) is 12.6 Å². The number of aromatic amines is 1. The Hall–Kier alpha value is -3.37. The molecule has 0 aromatic carbocycles. The van der Waals surface area contributed by atoms with Crippen molar-refractivity contribution in [1.82, 2.24) is 25.9 Å². The molecular formula is C19H33N9O6S. The first kappa shape index (κ1) is 29.7. The molecule has 0 saturated carbocycles. The summed E-state index contributed by atoms with van der Waals surface area (Å²) in [6.07, 6.45) is 1.66. The van der Waals surface area contributed by atoms with E-state index >= 15 is 0 Å². The molecule has 15 nitrogen and oxygen atoms in total. The van der Waals surface area contributed by atoms with Crippen molar-refractivity contribution in [3.63, 3.8) is 0 Å². The lowest BCUT2D eigenvalue weighted by Crippen LogP contribution is -2.60. The van der Waals surface area contributed by atoms with Gasteiger partial charge in [0.2, 0.25) is 17.7 Å². The fourth-order valence-electron chi connectivity index (χ4n) is 2.87. The summed E-state index contributed by atoms with van der Waals surface area (Å²) in [6, 6.07) is -5.00. The van der Waals surface area contributed by atoms with Crippen LogP contribution in [0.5, 0.6) is 0 Å². The molecule has 1 heterocycles. The zero-order chi connectivity index (χ0) is 26.5. The molecule has 0 fully saturated rings. The van der Waals surface area contributed by atoms with Gasteiger partial charge >= 0.3 is 5.97 Å². The van der Waals surface area contributed by atoms with Crippen LogP contribution in [0.4, 0.5) is 0 Å². The molecule has 1 aromatic heterocycles. The van der Waals surface area contributed by atoms with Crippen molar-refractivity contribution in [3.05, 3.63) is 18.2 Å². The highest BCUT2D eigenvalue weighted by atomic mass is 32.1. The minimum absolute atomic E-state index is 0.00269. The number of imidazole rings is 1. The average Bonchev–Trinajstić information content (AvgIpc) is 3.30. The number of amides is 3. The van der Waals surface area contributed by atoms with Crippen LogP contribution in [0.3, 0.4) is 0 Å². The number of carboxylic acid groups (broad SMARTS) is 1. The second-order valence-corrected chi connectivity index (χ2v) is 8.07. The lowest BCUT2D eigenvalue weighted by molar-refractivity contribution is -0.142. The van der Waals surface area contributed by atoms with Crippen molar-refractivity contribution in [1.29, 1.82) is 0 Å². The third-order valence-corrected chi connectivity index (χ3v) is 5.16. The molecule has 0 bridgehead atoms. The number of nitrogens with zero attached hydrogens (tertiary/aromatic N) is 2. The fraction of sp³-hybridized carbons (Fsp3) is 0.579. The maximum atomic E-state index is 12.9. The first-order valence-corrected chi connectivity index (χ1v) is 11.3. The van der Waals surface area contributed by atoms with E-state index in [4.69, 9.17) is 17.2 Å². The van der Waals surface area contributed by atoms with E-state index in [2.05, 4.69) is 43.5 Å². The zero-order valence-electron chi connectivity index (χ0n) is 19.2. The fourth-order valence-corrected chi connectivity index (χ4v) is 3.04. The molecule has 5 unspecified atom stereocenters. The topological polar surface area (TPSA) is 264 Å². The Morgan fingerprint density at radius 1 is 1.14 bits per heavy atom. The highest BCUT2D eigenvalue weighted by Gasteiger charge is 2.32. The molecule has 196 valence electrons. The number of nitrogens with two attached hydrogens (primary N) is 3. The third-order valence-electron chi connectivity index (χ3n) is 4.77. The molecule has 3 amide bonds. The summed E-state index contributed by atoms with van der Waals surface area (Å²) in [4.78, 5) is 59.9. The minimum Gasteiger partial charge on any atom is -0.480 e. The Bertz CT molecular complexity index is 876. The monoisotopic (exact) mass is 515 g/mol. The van der Waals surface area contributed by atoms with E-state index in [0.29, 0.717) is 5.69 Å². The highest BCUT2D eigenvalue weighted by molar-refractivity contribution is 7.80. The van der Waals surface area contributed by atoms with Gasteiger partial charge in [0.05, 0.1) is 18.5 Å². The summed E-state index contributed by atoms with van der Waals surface area (Å²) in [6.45, 7) is 1.42. The predicted octanol–water partition coefficient (Wildman–Crippen LogP) is -3.82. The van der Waals surface area contributed by atoms with Gasteiger partial charge in [0.1, 0.15) is 18.1 Å². The van der Waals surface area contributed by atoms with Gasteiger partial charge in [0, 0.05) is 30.6 Å². The second-order valence-electron chi connectivity index (χ2n) is 7.71. The lowest BCUT2D eigenvalue weighted by Gasteiger charge is -2.26. The molecule has 1 aromatic rings. The Balaban J connectivity index is 3.00. The molecular weight excluding hydrogens is 482 g/mol. The number of hydrogen-bond donors (Lipinski definition) is 10. The predicted molar refractivity (Wildman–Crippen MR) is 129 cm³/mol. The Morgan fingerprint density at radius 3 is 2.31 bits per heavy atom. The van der Waals surface area contributed by atoms with E-state index < -0.39 is 54.0 Å². The molecule has 0 saturated heterocycles. The number of aromatic nitrogens is 2. The van der Waals surface area contributed by atoms with E-state index in [0.717, 1.165) is 0 Å². The highest BCUT2D eigenvalue weighted by Crippen LogP contribution is 2.05. The molecule has 5 atom stereocenters. The van der Waals surface area contributed by atoms with Crippen LogP contribution in [0.1, 0.15) is 25.5 Å². The van der Waals surface area contributed by atoms with E-state index in [1.165, 1.54) is 19.4 Å². The number of aliphatic imine (C=N–C) groups is 1. The normalized spacial score (nSPS) is 15.1. The summed E-state index contributed by atoms with van der Waals surface area (Å²) >= 11 is 3.92. The van der Waals surface area contributed by atoms with Crippen LogP contribution in [-0.2, 0) is 25.6 Å². The summed E-state index contributed by atoms with van der Waals surface area (Å²) in [5.41, 5.74) is 16.7. The van der Waals surface area contributed by atoms with Crippen molar-refractivity contribution in [3.8, 4) is 0 Å². The van der Waals surface area contributed by atoms with Crippen LogP contribution in [0.25, 0.3) is 0 Å². The number of hydrogen-bond acceptors (Lipinski definition) is 9. The van der Waals surface area contributed by atoms with Gasteiger partial charge in [0.15, 0.2) is 5.96 Å². The lowest BCUT2D eigenvalue weighted by atomic mass is 10.1. The summed E-state index contributed by atoms with van der Waals surface area (Å²) in [7, 11) is 0. The summed E-state index contributed by atoms with van der Waals surface area (Å²) in [5, 5.41) is 26.7. The SMILES string of the molecule is CC(O)C(NC(=O)C(N)CS)C(=O)NC(CCCN=C(N)N)C(=O)NC(Cc1cnc[nH]1)C(=O)O. The van der Waals surface area contributed by atoms with Gasteiger partial charge in [-0.3, -0.25) is 19.4 Å². The number of nitrogens with one attached hydrogen (secondary N) is 4. The standard InChI is InChI=1S/C19H33N9O6S/c1-9(29)14(28-15(30)11(20)7-35)17(32)26-12(3-2-4-24-19(21)22)16(31)27-13(18(33)34)5-10-6-23-8-25-10/h6,8-9,11-14,29,35H,2-5,7,20H2,1H3,(H,23,25)(H,26,32)(H,27,31)(H,28,30)(H,33,34)(H4,21,22,24). The average molecular weight is 516 g/mol. The molecule has 12 N–H and O–H groups in total. The zero-order valence-corrected chi connectivity index (χ0v) is 20.1. The first-order valence-electron chi connectivity index (χ1n) is 10.7. The van der Waals surface area contributed by atoms with Crippen molar-refractivity contribution < 1.29 is 29.4 Å². The van der Waals surface area contributed by atoms with Crippen LogP contribution >= 0.6 is 12.6 Å². The molecule has 0 aliphatic rings. The van der Waals surface area contributed by atoms with Crippen molar-refractivity contribution in [2.24, 2.45) is 22.2 Å². The smallest absolute Gasteiger partial charge is 0.326 e. The minimum atomic E-state index is -1.43. The molecule has 0 aliphatic carbocycles. The molecule has 16 heteroatoms. The molecule has 0 radical (unpaired) electrons. The Kier molecular flexibility index (Phi) is 12.5. The van der Waals surface area contributed by atoms with E-state index in [-0.39, 0.29) is 37.5 Å². The number of aliphatic hydroxyl groups is 1. The summed E-state index contributed by atoms with van der Waals surface area (Å²) < 4.78 is 0. The first-order chi connectivity index (χ1) is 16.5. The Labute approximate surface area is 207 Å². The number of carbonyl (C=O) groups is 4. The van der Waals surface area contributed by atoms with E-state index in [9.17, 15) is 29.4 Å². The van der Waals surface area contributed by atoms with Crippen LogP contribution in [0.15, 0.2) is 17.5 Å². The molecule has 0 spiro atoms. The number of aliphatic carboxylic acids is 1. The maximum Gasteiger partial charge on any atom is 0.326 e. The van der Waals surface area contributed by atoms with Crippen molar-refractivity contribution in [2.45, 2.75) is 56.5 Å². The number of guanidine groups is 1. The van der Waals surface area contributed by atoms with Gasteiger partial charge in [-0.1, -0.05) is 0 Å². The molecule has 35 heavy (non-hydrogen) atoms. The second kappa shape index (κ2) is 14.8. The van der Waals surface area contributed by atoms with Gasteiger partial charge in [-0.15, -0.1) is 0 Å². The van der Waals surface area contributed by atoms with Crippen LogP contribution in [0, 0.1) is 0 Å². The number of carbonyl (C=O) groups excluding carboxylic acids is 3. The Morgan fingerprint density at radius 2 is 1.80 bits per heavy atom. The van der Waals surface area contributed by atoms with E-state index in [1.54, 1.807) is 0 Å². The van der Waals surface area contributed by atoms with Gasteiger partial charge < -0.3 is 48.3 Å². The largest absolute Gasteiger partial charge is 0.480 e. The van der Waals surface area contributed by atoms with Gasteiger partial charge in [0.25, 0.3) is 0 Å². The molecule has 0 aliphatic heterocycles. The van der Waals surface area contributed by atoms with E-state index in [1.807, 2.05) is 0 Å². The van der Waals surface area contributed by atoms with Gasteiger partial charge in [-0.25, -0.2) is 9.78 Å². The number of aliphatic hydroxyl groups excluding tert-OH is 1. The van der Waals surface area contributed by atoms with Crippen molar-refractivity contribution >= 4 is 42.3 Å². The van der Waals surface area contributed by atoms with Crippen LogP contribution in [-0.4, -0.2) is 92.4 Å². The number of rotatable bonds is 15. The third kappa shape index (κ3) is 10.6. The van der Waals surface area contributed by atoms with Crippen LogP contribution < -0.4 is 33.2 Å².